The van der Waals surface area contributed by atoms with Crippen LogP contribution in [0.2, 0.25) is 0 Å². The summed E-state index contributed by atoms with van der Waals surface area (Å²) >= 11 is 0. The SMILES string of the molecule is Cc1ccc2cc(C)c(N3c4ccccc4CC3C)nc2c1. The van der Waals surface area contributed by atoms with Gasteiger partial charge in [-0.3, -0.25) is 0 Å². The van der Waals surface area contributed by atoms with E-state index in [1.807, 2.05) is 0 Å². The van der Waals surface area contributed by atoms with Crippen LogP contribution in [0.15, 0.2) is 48.5 Å². The van der Waals surface area contributed by atoms with Crippen molar-refractivity contribution in [3.05, 3.63) is 65.2 Å². The molecule has 1 unspecified atom stereocenters. The number of para-hydroxylation sites is 1. The molecule has 2 aromatic carbocycles. The predicted octanol–water partition coefficient (Wildman–Crippen LogP) is 4.93. The van der Waals surface area contributed by atoms with Gasteiger partial charge in [0.25, 0.3) is 0 Å². The minimum absolute atomic E-state index is 0.450. The van der Waals surface area contributed by atoms with Crippen molar-refractivity contribution in [1.29, 1.82) is 0 Å². The second-order valence-electron chi connectivity index (χ2n) is 6.38. The molecule has 4 rings (SSSR count). The normalized spacial score (nSPS) is 17.0. The van der Waals surface area contributed by atoms with Crippen molar-refractivity contribution < 1.29 is 0 Å². The van der Waals surface area contributed by atoms with Crippen LogP contribution in [0.3, 0.4) is 0 Å². The molecule has 1 aliphatic heterocycles. The topological polar surface area (TPSA) is 16.1 Å². The Morgan fingerprint density at radius 2 is 1.86 bits per heavy atom. The third-order valence-electron chi connectivity index (χ3n) is 4.57. The molecule has 1 aromatic heterocycles. The van der Waals surface area contributed by atoms with Crippen LogP contribution in [0.5, 0.6) is 0 Å². The van der Waals surface area contributed by atoms with Crippen LogP contribution in [0.25, 0.3) is 10.9 Å². The van der Waals surface area contributed by atoms with E-state index in [9.17, 15) is 0 Å². The largest absolute Gasteiger partial charge is 0.323 e. The van der Waals surface area contributed by atoms with Crippen molar-refractivity contribution in [1.82, 2.24) is 4.98 Å². The molecule has 3 aromatic rings. The maximum Gasteiger partial charge on any atom is 0.136 e. The second kappa shape index (κ2) is 4.84. The highest BCUT2D eigenvalue weighted by atomic mass is 15.2. The molecule has 0 spiro atoms. The van der Waals surface area contributed by atoms with Gasteiger partial charge in [0, 0.05) is 17.1 Å². The van der Waals surface area contributed by atoms with E-state index >= 15 is 0 Å². The van der Waals surface area contributed by atoms with Gasteiger partial charge in [-0.25, -0.2) is 4.98 Å². The third kappa shape index (κ3) is 1.98. The Labute approximate surface area is 131 Å². The minimum Gasteiger partial charge on any atom is -0.323 e. The van der Waals surface area contributed by atoms with E-state index in [-0.39, 0.29) is 0 Å². The summed E-state index contributed by atoms with van der Waals surface area (Å²) in [6.45, 7) is 6.56. The van der Waals surface area contributed by atoms with Crippen molar-refractivity contribution in [2.24, 2.45) is 0 Å². The second-order valence-corrected chi connectivity index (χ2v) is 6.38. The molecule has 22 heavy (non-hydrogen) atoms. The van der Waals surface area contributed by atoms with Gasteiger partial charge in [0.2, 0.25) is 0 Å². The smallest absolute Gasteiger partial charge is 0.136 e. The molecule has 0 saturated carbocycles. The summed E-state index contributed by atoms with van der Waals surface area (Å²) in [4.78, 5) is 7.39. The summed E-state index contributed by atoms with van der Waals surface area (Å²) in [5.74, 6) is 1.09. The molecule has 1 aliphatic rings. The van der Waals surface area contributed by atoms with Gasteiger partial charge in [0.05, 0.1) is 5.52 Å². The maximum atomic E-state index is 4.99. The summed E-state index contributed by atoms with van der Waals surface area (Å²) in [5, 5.41) is 1.21. The first-order valence-electron chi connectivity index (χ1n) is 7.88. The Bertz CT molecular complexity index is 867. The zero-order chi connectivity index (χ0) is 15.3. The van der Waals surface area contributed by atoms with E-state index in [0.29, 0.717) is 6.04 Å². The molecule has 0 fully saturated rings. The Hall–Kier alpha value is -2.35. The quantitative estimate of drug-likeness (QED) is 0.631. The minimum atomic E-state index is 0.450. The number of benzene rings is 2. The number of aromatic nitrogens is 1. The molecular formula is C20H20N2. The van der Waals surface area contributed by atoms with E-state index in [4.69, 9.17) is 4.98 Å². The van der Waals surface area contributed by atoms with Gasteiger partial charge in [-0.1, -0.05) is 30.3 Å². The fraction of sp³-hybridized carbons (Fsp3) is 0.250. The monoisotopic (exact) mass is 288 g/mol. The molecule has 2 heterocycles. The molecular weight excluding hydrogens is 268 g/mol. The number of rotatable bonds is 1. The first-order chi connectivity index (χ1) is 10.6. The van der Waals surface area contributed by atoms with E-state index in [1.165, 1.54) is 27.8 Å². The number of aryl methyl sites for hydroxylation is 2. The Morgan fingerprint density at radius 3 is 2.73 bits per heavy atom. The van der Waals surface area contributed by atoms with Gasteiger partial charge in [0.1, 0.15) is 5.82 Å². The lowest BCUT2D eigenvalue weighted by Crippen LogP contribution is -2.25. The molecule has 2 heteroatoms. The van der Waals surface area contributed by atoms with E-state index in [2.05, 4.69) is 74.2 Å². The number of fused-ring (bicyclic) bond motifs is 2. The Balaban J connectivity index is 1.92. The molecule has 0 saturated heterocycles. The average Bonchev–Trinajstić information content (AvgIpc) is 2.83. The van der Waals surface area contributed by atoms with Gasteiger partial charge in [-0.2, -0.15) is 0 Å². The lowest BCUT2D eigenvalue weighted by atomic mass is 10.1. The van der Waals surface area contributed by atoms with Crippen molar-refractivity contribution >= 4 is 22.4 Å². The van der Waals surface area contributed by atoms with Crippen LogP contribution in [-0.2, 0) is 6.42 Å². The van der Waals surface area contributed by atoms with Gasteiger partial charge in [-0.05, 0) is 62.1 Å². The molecule has 1 atom stereocenters. The van der Waals surface area contributed by atoms with Crippen molar-refractivity contribution in [2.75, 3.05) is 4.90 Å². The van der Waals surface area contributed by atoms with Gasteiger partial charge >= 0.3 is 0 Å². The van der Waals surface area contributed by atoms with E-state index in [0.717, 1.165) is 17.8 Å². The summed E-state index contributed by atoms with van der Waals surface area (Å²) in [5.41, 5.74) is 6.29. The lowest BCUT2D eigenvalue weighted by molar-refractivity contribution is 0.750. The van der Waals surface area contributed by atoms with Crippen LogP contribution in [0, 0.1) is 13.8 Å². The van der Waals surface area contributed by atoms with Crippen molar-refractivity contribution in [3.8, 4) is 0 Å². The van der Waals surface area contributed by atoms with Gasteiger partial charge < -0.3 is 4.90 Å². The summed E-state index contributed by atoms with van der Waals surface area (Å²) in [6.07, 6.45) is 1.09. The maximum absolute atomic E-state index is 4.99. The number of hydrogen-bond acceptors (Lipinski definition) is 2. The molecule has 0 N–H and O–H groups in total. The summed E-state index contributed by atoms with van der Waals surface area (Å²) < 4.78 is 0. The van der Waals surface area contributed by atoms with E-state index in [1.54, 1.807) is 0 Å². The van der Waals surface area contributed by atoms with Crippen LogP contribution in [0.1, 0.15) is 23.6 Å². The average molecular weight is 288 g/mol. The first-order valence-corrected chi connectivity index (χ1v) is 7.88. The number of nitrogens with zero attached hydrogens (tertiary/aromatic N) is 2. The molecule has 0 aliphatic carbocycles. The lowest BCUT2D eigenvalue weighted by Gasteiger charge is -2.26. The van der Waals surface area contributed by atoms with E-state index < -0.39 is 0 Å². The van der Waals surface area contributed by atoms with Crippen LogP contribution in [-0.4, -0.2) is 11.0 Å². The number of anilines is 2. The first kappa shape index (κ1) is 13.3. The van der Waals surface area contributed by atoms with Crippen LogP contribution < -0.4 is 4.90 Å². The highest BCUT2D eigenvalue weighted by molar-refractivity contribution is 5.84. The zero-order valence-electron chi connectivity index (χ0n) is 13.3. The summed E-state index contributed by atoms with van der Waals surface area (Å²) in [6, 6.07) is 17.9. The molecule has 0 amide bonds. The molecule has 0 radical (unpaired) electrons. The third-order valence-corrected chi connectivity index (χ3v) is 4.57. The molecule has 2 nitrogen and oxygen atoms in total. The van der Waals surface area contributed by atoms with Crippen molar-refractivity contribution in [3.63, 3.8) is 0 Å². The summed E-state index contributed by atoms with van der Waals surface area (Å²) in [7, 11) is 0. The predicted molar refractivity (Wildman–Crippen MR) is 93.0 cm³/mol. The fourth-order valence-electron chi connectivity index (χ4n) is 3.50. The standard InChI is InChI=1S/C20H20N2/c1-13-8-9-16-11-14(2)20(21-18(16)10-13)22-15(3)12-17-6-4-5-7-19(17)22/h4-11,15H,12H2,1-3H3. The van der Waals surface area contributed by atoms with Gasteiger partial charge in [0.15, 0.2) is 0 Å². The molecule has 0 bridgehead atoms. The van der Waals surface area contributed by atoms with Gasteiger partial charge in [-0.15, -0.1) is 0 Å². The van der Waals surface area contributed by atoms with Crippen LogP contribution in [0.4, 0.5) is 11.5 Å². The number of pyridine rings is 1. The number of hydrogen-bond donors (Lipinski definition) is 0. The van der Waals surface area contributed by atoms with Crippen molar-refractivity contribution in [2.45, 2.75) is 33.2 Å². The molecule has 110 valence electrons. The van der Waals surface area contributed by atoms with Crippen LogP contribution >= 0.6 is 0 Å². The fourth-order valence-corrected chi connectivity index (χ4v) is 3.50. The highest BCUT2D eigenvalue weighted by Gasteiger charge is 2.28. The Morgan fingerprint density at radius 1 is 1.05 bits per heavy atom. The highest BCUT2D eigenvalue weighted by Crippen LogP contribution is 2.39. The zero-order valence-corrected chi connectivity index (χ0v) is 13.3. The Kier molecular flexibility index (Phi) is 2.93.